The van der Waals surface area contributed by atoms with Gasteiger partial charge in [-0.2, -0.15) is 5.10 Å². The zero-order valence-corrected chi connectivity index (χ0v) is 17.3. The molecule has 0 bridgehead atoms. The second kappa shape index (κ2) is 10.0. The normalized spacial score (nSPS) is 11.0. The molecule has 3 rings (SSSR count). The van der Waals surface area contributed by atoms with E-state index in [1.165, 1.54) is 19.3 Å². The lowest BCUT2D eigenvalue weighted by Crippen LogP contribution is -2.07. The molecule has 0 fully saturated rings. The minimum Gasteiger partial charge on any atom is -0.478 e. The molecule has 1 heterocycles. The molecule has 152 valence electrons. The molecule has 2 aromatic carbocycles. The number of aryl methyl sites for hydroxylation is 2. The molecule has 1 N–H and O–H groups in total. The van der Waals surface area contributed by atoms with Gasteiger partial charge >= 0.3 is 5.97 Å². The Morgan fingerprint density at radius 3 is 2.45 bits per heavy atom. The van der Waals surface area contributed by atoms with Crippen molar-refractivity contribution in [2.24, 2.45) is 0 Å². The Hall–Kier alpha value is -2.95. The Kier molecular flexibility index (Phi) is 7.17. The number of aromatic carboxylic acids is 1. The molecule has 3 aromatic rings. The van der Waals surface area contributed by atoms with Crippen LogP contribution in [0.1, 0.15) is 67.1 Å². The van der Waals surface area contributed by atoms with Crippen molar-refractivity contribution in [3.8, 4) is 11.1 Å². The van der Waals surface area contributed by atoms with E-state index in [1.807, 2.05) is 24.3 Å². The van der Waals surface area contributed by atoms with Gasteiger partial charge in [0.25, 0.3) is 0 Å². The SMILES string of the molecule is CCCCCCn1nc(CC)nc1Cc1ccc(-c2ccccc2C(=O)O)cc1. The number of aromatic nitrogens is 3. The van der Waals surface area contributed by atoms with Crippen LogP contribution in [-0.2, 0) is 19.4 Å². The molecule has 0 spiro atoms. The average Bonchev–Trinajstić information content (AvgIpc) is 3.13. The van der Waals surface area contributed by atoms with Crippen LogP contribution in [0.25, 0.3) is 11.1 Å². The zero-order valence-electron chi connectivity index (χ0n) is 17.3. The van der Waals surface area contributed by atoms with Gasteiger partial charge in [0, 0.05) is 19.4 Å². The van der Waals surface area contributed by atoms with Gasteiger partial charge in [-0.3, -0.25) is 0 Å². The summed E-state index contributed by atoms with van der Waals surface area (Å²) in [5.74, 6) is 0.979. The smallest absolute Gasteiger partial charge is 0.336 e. The molecule has 5 nitrogen and oxygen atoms in total. The Labute approximate surface area is 172 Å². The maximum absolute atomic E-state index is 11.5. The molecule has 1 aromatic heterocycles. The van der Waals surface area contributed by atoms with Crippen LogP contribution < -0.4 is 0 Å². The minimum atomic E-state index is -0.909. The Morgan fingerprint density at radius 1 is 1.00 bits per heavy atom. The first-order valence-electron chi connectivity index (χ1n) is 10.5. The predicted molar refractivity (Wildman–Crippen MR) is 115 cm³/mol. The van der Waals surface area contributed by atoms with E-state index in [2.05, 4.69) is 35.8 Å². The van der Waals surface area contributed by atoms with Crippen molar-refractivity contribution in [3.05, 3.63) is 71.3 Å². The summed E-state index contributed by atoms with van der Waals surface area (Å²) in [6.07, 6.45) is 6.38. The Morgan fingerprint density at radius 2 is 1.76 bits per heavy atom. The van der Waals surface area contributed by atoms with Crippen molar-refractivity contribution >= 4 is 5.97 Å². The fraction of sp³-hybridized carbons (Fsp3) is 0.375. The van der Waals surface area contributed by atoms with Crippen LogP contribution in [0.4, 0.5) is 0 Å². The maximum Gasteiger partial charge on any atom is 0.336 e. The first-order chi connectivity index (χ1) is 14.1. The number of benzene rings is 2. The van der Waals surface area contributed by atoms with Crippen LogP contribution in [0.2, 0.25) is 0 Å². The molecule has 0 unspecified atom stereocenters. The van der Waals surface area contributed by atoms with Crippen LogP contribution >= 0.6 is 0 Å². The summed E-state index contributed by atoms with van der Waals surface area (Å²) in [5, 5.41) is 14.1. The van der Waals surface area contributed by atoms with Gasteiger partial charge < -0.3 is 5.11 Å². The first-order valence-corrected chi connectivity index (χ1v) is 10.5. The molecule has 0 radical (unpaired) electrons. The summed E-state index contributed by atoms with van der Waals surface area (Å²) in [7, 11) is 0. The molecule has 29 heavy (non-hydrogen) atoms. The topological polar surface area (TPSA) is 68.0 Å². The average molecular weight is 392 g/mol. The fourth-order valence-corrected chi connectivity index (χ4v) is 3.48. The first kappa shape index (κ1) is 20.8. The third-order valence-electron chi connectivity index (χ3n) is 5.12. The van der Waals surface area contributed by atoms with Crippen LogP contribution in [0.5, 0.6) is 0 Å². The van der Waals surface area contributed by atoms with Crippen LogP contribution in [0.15, 0.2) is 48.5 Å². The van der Waals surface area contributed by atoms with Gasteiger partial charge in [0.05, 0.1) is 5.56 Å². The zero-order chi connectivity index (χ0) is 20.6. The lowest BCUT2D eigenvalue weighted by Gasteiger charge is -2.08. The summed E-state index contributed by atoms with van der Waals surface area (Å²) in [5.41, 5.74) is 3.10. The van der Waals surface area contributed by atoms with E-state index in [0.29, 0.717) is 5.56 Å². The van der Waals surface area contributed by atoms with Crippen molar-refractivity contribution in [1.29, 1.82) is 0 Å². The highest BCUT2D eigenvalue weighted by Crippen LogP contribution is 2.24. The van der Waals surface area contributed by atoms with Crippen LogP contribution in [0, 0.1) is 0 Å². The predicted octanol–water partition coefficient (Wildman–Crippen LogP) is 5.38. The molecule has 0 aliphatic heterocycles. The van der Waals surface area contributed by atoms with Gasteiger partial charge in [0.15, 0.2) is 5.82 Å². The number of carboxylic acid groups (broad SMARTS) is 1. The number of carbonyl (C=O) groups is 1. The highest BCUT2D eigenvalue weighted by Gasteiger charge is 2.12. The molecular formula is C24H29N3O2. The molecule has 0 saturated heterocycles. The number of carboxylic acids is 1. The maximum atomic E-state index is 11.5. The van der Waals surface area contributed by atoms with E-state index >= 15 is 0 Å². The van der Waals surface area contributed by atoms with Crippen molar-refractivity contribution in [2.75, 3.05) is 0 Å². The highest BCUT2D eigenvalue weighted by molar-refractivity contribution is 5.95. The van der Waals surface area contributed by atoms with Gasteiger partial charge in [0.1, 0.15) is 5.82 Å². The van der Waals surface area contributed by atoms with Crippen LogP contribution in [-0.4, -0.2) is 25.8 Å². The number of rotatable bonds is 10. The molecular weight excluding hydrogens is 362 g/mol. The fourth-order valence-electron chi connectivity index (χ4n) is 3.48. The second-order valence-corrected chi connectivity index (χ2v) is 7.31. The minimum absolute atomic E-state index is 0.319. The van der Waals surface area contributed by atoms with E-state index in [-0.39, 0.29) is 0 Å². The van der Waals surface area contributed by atoms with Crippen molar-refractivity contribution in [1.82, 2.24) is 14.8 Å². The lowest BCUT2D eigenvalue weighted by atomic mass is 9.98. The van der Waals surface area contributed by atoms with Gasteiger partial charge in [-0.25, -0.2) is 14.5 Å². The van der Waals surface area contributed by atoms with E-state index < -0.39 is 5.97 Å². The van der Waals surface area contributed by atoms with Crippen molar-refractivity contribution < 1.29 is 9.90 Å². The monoisotopic (exact) mass is 391 g/mol. The summed E-state index contributed by atoms with van der Waals surface area (Å²) < 4.78 is 2.06. The van der Waals surface area contributed by atoms with Crippen molar-refractivity contribution in [2.45, 2.75) is 58.9 Å². The molecule has 5 heteroatoms. The van der Waals surface area contributed by atoms with E-state index in [0.717, 1.165) is 54.1 Å². The number of hydrogen-bond acceptors (Lipinski definition) is 3. The second-order valence-electron chi connectivity index (χ2n) is 7.31. The molecule has 0 aliphatic carbocycles. The Balaban J connectivity index is 1.76. The highest BCUT2D eigenvalue weighted by atomic mass is 16.4. The molecule has 0 amide bonds. The quantitative estimate of drug-likeness (QED) is 0.471. The number of nitrogens with zero attached hydrogens (tertiary/aromatic N) is 3. The van der Waals surface area contributed by atoms with E-state index in [9.17, 15) is 9.90 Å². The summed E-state index contributed by atoms with van der Waals surface area (Å²) in [4.78, 5) is 16.2. The van der Waals surface area contributed by atoms with Crippen LogP contribution in [0.3, 0.4) is 0 Å². The Bertz CT molecular complexity index is 945. The van der Waals surface area contributed by atoms with Crippen molar-refractivity contribution in [3.63, 3.8) is 0 Å². The third-order valence-corrected chi connectivity index (χ3v) is 5.12. The van der Waals surface area contributed by atoms with Gasteiger partial charge in [-0.15, -0.1) is 0 Å². The van der Waals surface area contributed by atoms with E-state index in [4.69, 9.17) is 4.98 Å². The number of hydrogen-bond donors (Lipinski definition) is 1. The van der Waals surface area contributed by atoms with E-state index in [1.54, 1.807) is 12.1 Å². The molecule has 0 saturated carbocycles. The summed E-state index contributed by atoms with van der Waals surface area (Å²) in [6.45, 7) is 5.20. The molecule has 0 atom stereocenters. The largest absolute Gasteiger partial charge is 0.478 e. The number of unbranched alkanes of at least 4 members (excludes halogenated alkanes) is 3. The van der Waals surface area contributed by atoms with Gasteiger partial charge in [-0.05, 0) is 29.2 Å². The standard InChI is InChI=1S/C24H29N3O2/c1-3-5-6-9-16-27-23(25-22(4-2)26-27)17-18-12-14-19(15-13-18)20-10-7-8-11-21(20)24(28)29/h7-8,10-15H,3-6,9,16-17H2,1-2H3,(H,28,29). The summed E-state index contributed by atoms with van der Waals surface area (Å²) >= 11 is 0. The van der Waals surface area contributed by atoms with Gasteiger partial charge in [0.2, 0.25) is 0 Å². The van der Waals surface area contributed by atoms with Gasteiger partial charge in [-0.1, -0.05) is 75.6 Å². The lowest BCUT2D eigenvalue weighted by molar-refractivity contribution is 0.0697. The summed E-state index contributed by atoms with van der Waals surface area (Å²) in [6, 6.07) is 15.2. The third kappa shape index (κ3) is 5.31. The molecule has 0 aliphatic rings.